The number of aliphatic hydroxyl groups is 1. The molecule has 3 rings (SSSR count). The number of quaternary nitrogens is 1. The summed E-state index contributed by atoms with van der Waals surface area (Å²) in [4.78, 5) is 0. The van der Waals surface area contributed by atoms with Gasteiger partial charge in [0.15, 0.2) is 0 Å². The molecule has 4 heteroatoms. The molecule has 26 heavy (non-hydrogen) atoms. The standard InChI is InChI=1S/C22H23NO2.ClH/c1-17(22(24)19-11-6-3-7-12-19)23-15-14-20(21-13-8-16-25-21)18-9-4-2-5-10-18;/h2-14,16-17,22-24H,15H2,1H3;1H/b20-14+;. The quantitative estimate of drug-likeness (QED) is 0.633. The first-order chi connectivity index (χ1) is 12.3. The van der Waals surface area contributed by atoms with Gasteiger partial charge in [-0.2, -0.15) is 0 Å². The van der Waals surface area contributed by atoms with E-state index in [1.54, 1.807) is 6.26 Å². The van der Waals surface area contributed by atoms with Gasteiger partial charge in [-0.15, -0.1) is 0 Å². The lowest BCUT2D eigenvalue weighted by Crippen LogP contribution is -3.00. The summed E-state index contributed by atoms with van der Waals surface area (Å²) in [7, 11) is 0. The summed E-state index contributed by atoms with van der Waals surface area (Å²) < 4.78 is 5.59. The average molecular weight is 370 g/mol. The molecule has 0 bridgehead atoms. The zero-order valence-corrected chi connectivity index (χ0v) is 15.5. The fourth-order valence-electron chi connectivity index (χ4n) is 2.89. The molecule has 0 saturated carbocycles. The highest BCUT2D eigenvalue weighted by atomic mass is 35.5. The van der Waals surface area contributed by atoms with E-state index >= 15 is 0 Å². The van der Waals surface area contributed by atoms with Crippen LogP contribution in [0, 0.1) is 0 Å². The largest absolute Gasteiger partial charge is 1.00 e. The molecule has 0 amide bonds. The Morgan fingerprint density at radius 3 is 2.27 bits per heavy atom. The summed E-state index contributed by atoms with van der Waals surface area (Å²) in [5.74, 6) is 0.857. The lowest BCUT2D eigenvalue weighted by atomic mass is 10.0. The number of halogens is 1. The van der Waals surface area contributed by atoms with Gasteiger partial charge in [0, 0.05) is 5.57 Å². The van der Waals surface area contributed by atoms with Crippen molar-refractivity contribution in [1.82, 2.24) is 0 Å². The Kier molecular flexibility index (Phi) is 7.67. The molecule has 0 aliphatic rings. The summed E-state index contributed by atoms with van der Waals surface area (Å²) in [5, 5.41) is 12.6. The maximum Gasteiger partial charge on any atom is 0.134 e. The molecule has 3 N–H and O–H groups in total. The van der Waals surface area contributed by atoms with E-state index in [1.165, 1.54) is 0 Å². The van der Waals surface area contributed by atoms with Crippen molar-refractivity contribution in [2.45, 2.75) is 19.1 Å². The summed E-state index contributed by atoms with van der Waals surface area (Å²) in [6.45, 7) is 2.80. The minimum Gasteiger partial charge on any atom is -1.00 e. The Hall–Kier alpha value is -2.33. The van der Waals surface area contributed by atoms with E-state index < -0.39 is 6.10 Å². The van der Waals surface area contributed by atoms with Crippen molar-refractivity contribution in [2.24, 2.45) is 0 Å². The van der Waals surface area contributed by atoms with Gasteiger partial charge in [0.2, 0.25) is 0 Å². The van der Waals surface area contributed by atoms with Gasteiger partial charge >= 0.3 is 0 Å². The summed E-state index contributed by atoms with van der Waals surface area (Å²) in [5.41, 5.74) is 3.15. The third-order valence-corrected chi connectivity index (χ3v) is 4.34. The zero-order chi connectivity index (χ0) is 17.5. The Morgan fingerprint density at radius 2 is 1.65 bits per heavy atom. The van der Waals surface area contributed by atoms with Crippen molar-refractivity contribution in [3.05, 3.63) is 102 Å². The van der Waals surface area contributed by atoms with Crippen molar-refractivity contribution >= 4 is 5.57 Å². The first kappa shape index (κ1) is 20.0. The Bertz CT molecular complexity index is 786. The molecule has 136 valence electrons. The second kappa shape index (κ2) is 9.97. The van der Waals surface area contributed by atoms with E-state index in [9.17, 15) is 5.11 Å². The number of nitrogens with two attached hydrogens (primary N) is 1. The van der Waals surface area contributed by atoms with Gasteiger partial charge in [-0.1, -0.05) is 60.7 Å². The van der Waals surface area contributed by atoms with Crippen LogP contribution in [0.5, 0.6) is 0 Å². The summed E-state index contributed by atoms with van der Waals surface area (Å²) >= 11 is 0. The van der Waals surface area contributed by atoms with Crippen molar-refractivity contribution in [3.63, 3.8) is 0 Å². The van der Waals surface area contributed by atoms with Gasteiger partial charge in [0.1, 0.15) is 17.9 Å². The molecule has 0 aliphatic heterocycles. The minimum atomic E-state index is -0.488. The molecule has 0 aliphatic carbocycles. The second-order valence-electron chi connectivity index (χ2n) is 6.15. The maximum absolute atomic E-state index is 10.5. The average Bonchev–Trinajstić information content (AvgIpc) is 3.20. The van der Waals surface area contributed by atoms with Crippen LogP contribution in [0.15, 0.2) is 89.6 Å². The molecule has 2 atom stereocenters. The summed E-state index contributed by atoms with van der Waals surface area (Å²) in [6.07, 6.45) is 3.36. The van der Waals surface area contributed by atoms with Gasteiger partial charge < -0.3 is 27.2 Å². The predicted molar refractivity (Wildman–Crippen MR) is 99.9 cm³/mol. The summed E-state index contributed by atoms with van der Waals surface area (Å²) in [6, 6.07) is 23.9. The molecular weight excluding hydrogens is 346 g/mol. The van der Waals surface area contributed by atoms with Crippen LogP contribution < -0.4 is 17.7 Å². The van der Waals surface area contributed by atoms with Gasteiger partial charge in [0.05, 0.1) is 12.8 Å². The van der Waals surface area contributed by atoms with Gasteiger partial charge in [-0.25, -0.2) is 0 Å². The third kappa shape index (κ3) is 5.09. The van der Waals surface area contributed by atoms with E-state index in [1.807, 2.05) is 67.6 Å². The maximum atomic E-state index is 10.5. The highest BCUT2D eigenvalue weighted by molar-refractivity contribution is 5.77. The number of hydrogen-bond acceptors (Lipinski definition) is 2. The smallest absolute Gasteiger partial charge is 0.134 e. The Balaban J connectivity index is 0.00000243. The van der Waals surface area contributed by atoms with Crippen molar-refractivity contribution < 1.29 is 27.2 Å². The molecule has 3 aromatic rings. The Morgan fingerprint density at radius 1 is 1.00 bits per heavy atom. The molecule has 2 aromatic carbocycles. The highest BCUT2D eigenvalue weighted by Crippen LogP contribution is 2.23. The van der Waals surface area contributed by atoms with Crippen LogP contribution in [0.25, 0.3) is 5.57 Å². The predicted octanol–water partition coefficient (Wildman–Crippen LogP) is 0.401. The third-order valence-electron chi connectivity index (χ3n) is 4.34. The highest BCUT2D eigenvalue weighted by Gasteiger charge is 2.18. The van der Waals surface area contributed by atoms with Crippen LogP contribution in [0.3, 0.4) is 0 Å². The molecule has 0 fully saturated rings. The molecular formula is C22H24ClNO2. The molecule has 1 heterocycles. The van der Waals surface area contributed by atoms with Crippen LogP contribution in [0.2, 0.25) is 0 Å². The monoisotopic (exact) mass is 369 g/mol. The van der Waals surface area contributed by atoms with Crippen LogP contribution in [0.4, 0.5) is 0 Å². The molecule has 0 spiro atoms. The fourth-order valence-corrected chi connectivity index (χ4v) is 2.89. The minimum absolute atomic E-state index is 0. The number of rotatable bonds is 7. The van der Waals surface area contributed by atoms with Crippen LogP contribution in [-0.2, 0) is 0 Å². The Labute approximate surface area is 160 Å². The number of furan rings is 1. The van der Waals surface area contributed by atoms with Crippen molar-refractivity contribution in [3.8, 4) is 0 Å². The van der Waals surface area contributed by atoms with E-state index in [4.69, 9.17) is 4.42 Å². The molecule has 1 aromatic heterocycles. The van der Waals surface area contributed by atoms with Crippen LogP contribution in [-0.4, -0.2) is 17.7 Å². The normalized spacial score (nSPS) is 13.7. The second-order valence-corrected chi connectivity index (χ2v) is 6.15. The molecule has 0 radical (unpaired) electrons. The first-order valence-electron chi connectivity index (χ1n) is 8.61. The lowest BCUT2D eigenvalue weighted by Gasteiger charge is -2.17. The zero-order valence-electron chi connectivity index (χ0n) is 14.8. The van der Waals surface area contributed by atoms with E-state index in [2.05, 4.69) is 23.5 Å². The lowest BCUT2D eigenvalue weighted by molar-refractivity contribution is -0.686. The fraction of sp³-hybridized carbons (Fsp3) is 0.182. The SMILES string of the molecule is CC([NH2+]C/C=C(\c1ccccc1)c1ccco1)C(O)c1ccccc1.[Cl-]. The number of benzene rings is 2. The van der Waals surface area contributed by atoms with E-state index in [0.29, 0.717) is 0 Å². The molecule has 2 unspecified atom stereocenters. The first-order valence-corrected chi connectivity index (χ1v) is 8.61. The van der Waals surface area contributed by atoms with Gasteiger partial charge in [-0.05, 0) is 36.3 Å². The topological polar surface area (TPSA) is 50.0 Å². The molecule has 0 saturated heterocycles. The number of hydrogen-bond donors (Lipinski definition) is 2. The van der Waals surface area contributed by atoms with E-state index in [-0.39, 0.29) is 18.4 Å². The van der Waals surface area contributed by atoms with Crippen molar-refractivity contribution in [1.29, 1.82) is 0 Å². The molecule has 3 nitrogen and oxygen atoms in total. The van der Waals surface area contributed by atoms with Crippen molar-refractivity contribution in [2.75, 3.05) is 6.54 Å². The van der Waals surface area contributed by atoms with E-state index in [0.717, 1.165) is 29.0 Å². The van der Waals surface area contributed by atoms with Gasteiger partial charge in [0.25, 0.3) is 0 Å². The van der Waals surface area contributed by atoms with Gasteiger partial charge in [-0.3, -0.25) is 0 Å². The number of aliphatic hydroxyl groups excluding tert-OH is 1. The van der Waals surface area contributed by atoms with Crippen LogP contribution in [0.1, 0.15) is 29.9 Å². The van der Waals surface area contributed by atoms with Crippen LogP contribution >= 0.6 is 0 Å².